The van der Waals surface area contributed by atoms with E-state index in [1.807, 2.05) is 28.0 Å². The summed E-state index contributed by atoms with van der Waals surface area (Å²) >= 11 is 0. The number of carbonyl (C=O) groups excluding carboxylic acids is 2. The predicted octanol–water partition coefficient (Wildman–Crippen LogP) is 6.00. The molecule has 0 radical (unpaired) electrons. The van der Waals surface area contributed by atoms with Gasteiger partial charge in [-0.3, -0.25) is 9.69 Å². The lowest BCUT2D eigenvalue weighted by atomic mass is 9.76. The number of rotatable bonds is 7. The number of primary amides is 1. The highest BCUT2D eigenvalue weighted by Crippen LogP contribution is 2.41. The molecule has 3 aromatic rings. The van der Waals surface area contributed by atoms with Gasteiger partial charge < -0.3 is 20.9 Å². The number of nitrogens with zero attached hydrogens (tertiary/aromatic N) is 3. The zero-order valence-corrected chi connectivity index (χ0v) is 25.2. The molecule has 2 heterocycles. The highest BCUT2D eigenvalue weighted by atomic mass is 16.2. The van der Waals surface area contributed by atoms with Crippen LogP contribution in [-0.4, -0.2) is 62.1 Å². The third-order valence-electron chi connectivity index (χ3n) is 9.73. The standard InChI is InChI=1S/C36H45N5O2/c37-36(43)41(31-14-8-3-9-15-31)32-17-16-30(35(42)40-24-20-38-21-25-40)26-33(32)39-22-18-29(19-23-39)34(27-10-4-1-5-11-27)28-12-6-2-7-13-28/h1-2,4-7,10-13,16-17,26,29,31,34,38H,3,8-9,14-15,18-25H2,(H2,37,43). The third-order valence-corrected chi connectivity index (χ3v) is 9.73. The fourth-order valence-electron chi connectivity index (χ4n) is 7.53. The van der Waals surface area contributed by atoms with Crippen molar-refractivity contribution in [3.05, 3.63) is 95.6 Å². The number of amides is 3. The molecule has 226 valence electrons. The quantitative estimate of drug-likeness (QED) is 0.360. The van der Waals surface area contributed by atoms with Gasteiger partial charge in [0.1, 0.15) is 0 Å². The van der Waals surface area contributed by atoms with E-state index < -0.39 is 6.03 Å². The minimum Gasteiger partial charge on any atom is -0.370 e. The van der Waals surface area contributed by atoms with Crippen LogP contribution in [-0.2, 0) is 0 Å². The zero-order chi connectivity index (χ0) is 29.6. The maximum atomic E-state index is 13.6. The Morgan fingerprint density at radius 1 is 0.767 bits per heavy atom. The Morgan fingerprint density at radius 3 is 1.95 bits per heavy atom. The average Bonchev–Trinajstić information content (AvgIpc) is 3.07. The van der Waals surface area contributed by atoms with Gasteiger partial charge in [0, 0.05) is 56.8 Å². The minimum absolute atomic E-state index is 0.0562. The Bertz CT molecular complexity index is 1320. The number of piperazine rings is 1. The van der Waals surface area contributed by atoms with Gasteiger partial charge >= 0.3 is 6.03 Å². The van der Waals surface area contributed by atoms with Crippen LogP contribution in [0.4, 0.5) is 16.2 Å². The van der Waals surface area contributed by atoms with Crippen molar-refractivity contribution in [1.82, 2.24) is 10.2 Å². The first-order chi connectivity index (χ1) is 21.1. The van der Waals surface area contributed by atoms with Crippen LogP contribution in [0.2, 0.25) is 0 Å². The summed E-state index contributed by atoms with van der Waals surface area (Å²) in [5, 5.41) is 3.33. The molecule has 0 aromatic heterocycles. The zero-order valence-electron chi connectivity index (χ0n) is 25.2. The first kappa shape index (κ1) is 29.2. The number of carbonyl (C=O) groups is 2. The number of hydrogen-bond acceptors (Lipinski definition) is 4. The van der Waals surface area contributed by atoms with Crippen LogP contribution in [0.1, 0.15) is 72.3 Å². The molecule has 43 heavy (non-hydrogen) atoms. The molecule has 7 heteroatoms. The van der Waals surface area contributed by atoms with Crippen LogP contribution in [0.5, 0.6) is 0 Å². The van der Waals surface area contributed by atoms with E-state index in [2.05, 4.69) is 70.9 Å². The van der Waals surface area contributed by atoms with Gasteiger partial charge in [0.05, 0.1) is 11.4 Å². The van der Waals surface area contributed by atoms with Crippen molar-refractivity contribution >= 4 is 23.3 Å². The van der Waals surface area contributed by atoms with Gasteiger partial charge in [-0.1, -0.05) is 79.9 Å². The first-order valence-corrected chi connectivity index (χ1v) is 16.2. The van der Waals surface area contributed by atoms with E-state index >= 15 is 0 Å². The number of benzene rings is 3. The van der Waals surface area contributed by atoms with Crippen molar-refractivity contribution in [2.75, 3.05) is 49.1 Å². The normalized spacial score (nSPS) is 18.5. The smallest absolute Gasteiger partial charge is 0.319 e. The largest absolute Gasteiger partial charge is 0.370 e. The van der Waals surface area contributed by atoms with Crippen LogP contribution < -0.4 is 20.9 Å². The van der Waals surface area contributed by atoms with Crippen LogP contribution in [0.25, 0.3) is 0 Å². The number of nitrogens with two attached hydrogens (primary N) is 1. The van der Waals surface area contributed by atoms with Gasteiger partial charge in [-0.25, -0.2) is 4.79 Å². The van der Waals surface area contributed by atoms with E-state index in [9.17, 15) is 9.59 Å². The molecule has 7 nitrogen and oxygen atoms in total. The minimum atomic E-state index is -0.405. The number of urea groups is 1. The second-order valence-electron chi connectivity index (χ2n) is 12.4. The molecule has 3 aromatic carbocycles. The van der Waals surface area contributed by atoms with Crippen molar-refractivity contribution in [3.63, 3.8) is 0 Å². The molecular weight excluding hydrogens is 534 g/mol. The molecule has 1 saturated carbocycles. The van der Waals surface area contributed by atoms with Crippen molar-refractivity contribution in [3.8, 4) is 0 Å². The van der Waals surface area contributed by atoms with Crippen LogP contribution >= 0.6 is 0 Å². The Balaban J connectivity index is 1.30. The van der Waals surface area contributed by atoms with Crippen LogP contribution in [0, 0.1) is 5.92 Å². The summed E-state index contributed by atoms with van der Waals surface area (Å²) in [5.74, 6) is 0.871. The van der Waals surface area contributed by atoms with Gasteiger partial charge in [0.15, 0.2) is 0 Å². The number of hydrogen-bond donors (Lipinski definition) is 2. The second kappa shape index (κ2) is 13.6. The fourth-order valence-corrected chi connectivity index (χ4v) is 7.53. The topological polar surface area (TPSA) is 81.9 Å². The predicted molar refractivity (Wildman–Crippen MR) is 174 cm³/mol. The Labute approximate surface area is 256 Å². The van der Waals surface area contributed by atoms with Crippen molar-refractivity contribution < 1.29 is 9.59 Å². The van der Waals surface area contributed by atoms with E-state index in [1.54, 1.807) is 0 Å². The van der Waals surface area contributed by atoms with Crippen LogP contribution in [0.15, 0.2) is 78.9 Å². The molecule has 6 rings (SSSR count). The summed E-state index contributed by atoms with van der Waals surface area (Å²) in [7, 11) is 0. The number of piperidine rings is 1. The summed E-state index contributed by atoms with van der Waals surface area (Å²) in [6, 6.07) is 27.3. The molecule has 3 N–H and O–H groups in total. The summed E-state index contributed by atoms with van der Waals surface area (Å²) in [4.78, 5) is 32.7. The van der Waals surface area contributed by atoms with E-state index in [0.29, 0.717) is 30.5 Å². The van der Waals surface area contributed by atoms with Gasteiger partial charge in [-0.2, -0.15) is 0 Å². The number of nitrogens with one attached hydrogen (secondary N) is 1. The molecular formula is C36H45N5O2. The second-order valence-corrected chi connectivity index (χ2v) is 12.4. The summed E-state index contributed by atoms with van der Waals surface area (Å²) < 4.78 is 0. The highest BCUT2D eigenvalue weighted by molar-refractivity contribution is 6.00. The lowest BCUT2D eigenvalue weighted by Gasteiger charge is -2.41. The highest BCUT2D eigenvalue weighted by Gasteiger charge is 2.33. The first-order valence-electron chi connectivity index (χ1n) is 16.2. The van der Waals surface area contributed by atoms with Gasteiger partial charge in [0.25, 0.3) is 5.91 Å². The molecule has 1 aliphatic carbocycles. The summed E-state index contributed by atoms with van der Waals surface area (Å²) in [6.07, 6.45) is 7.37. The lowest BCUT2D eigenvalue weighted by molar-refractivity contribution is 0.0736. The summed E-state index contributed by atoms with van der Waals surface area (Å²) in [5.41, 5.74) is 11.3. The van der Waals surface area contributed by atoms with E-state index in [-0.39, 0.29) is 11.9 Å². The molecule has 3 amide bonds. The Hall–Kier alpha value is -3.84. The van der Waals surface area contributed by atoms with Crippen molar-refractivity contribution in [1.29, 1.82) is 0 Å². The fraction of sp³-hybridized carbons (Fsp3) is 0.444. The summed E-state index contributed by atoms with van der Waals surface area (Å²) in [6.45, 7) is 4.75. The van der Waals surface area contributed by atoms with E-state index in [4.69, 9.17) is 5.73 Å². The van der Waals surface area contributed by atoms with Crippen molar-refractivity contribution in [2.24, 2.45) is 11.7 Å². The van der Waals surface area contributed by atoms with Gasteiger partial charge in [-0.05, 0) is 60.9 Å². The average molecular weight is 580 g/mol. The van der Waals surface area contributed by atoms with Gasteiger partial charge in [-0.15, -0.1) is 0 Å². The molecule has 3 fully saturated rings. The van der Waals surface area contributed by atoms with E-state index in [0.717, 1.165) is 76.1 Å². The monoisotopic (exact) mass is 579 g/mol. The molecule has 0 unspecified atom stereocenters. The SMILES string of the molecule is NC(=O)N(c1ccc(C(=O)N2CCNCC2)cc1N1CCC(C(c2ccccc2)c2ccccc2)CC1)C1CCCCC1. The van der Waals surface area contributed by atoms with Gasteiger partial charge in [0.2, 0.25) is 0 Å². The van der Waals surface area contributed by atoms with Crippen LogP contribution in [0.3, 0.4) is 0 Å². The maximum Gasteiger partial charge on any atom is 0.319 e. The Morgan fingerprint density at radius 2 is 1.37 bits per heavy atom. The molecule has 2 aliphatic heterocycles. The molecule has 0 spiro atoms. The molecule has 0 atom stereocenters. The molecule has 0 bridgehead atoms. The number of anilines is 2. The maximum absolute atomic E-state index is 13.6. The lowest BCUT2D eigenvalue weighted by Crippen LogP contribution is -2.47. The molecule has 2 saturated heterocycles. The van der Waals surface area contributed by atoms with E-state index in [1.165, 1.54) is 17.5 Å². The van der Waals surface area contributed by atoms with Crippen molar-refractivity contribution in [2.45, 2.75) is 56.9 Å². The molecule has 3 aliphatic rings. The third kappa shape index (κ3) is 6.57. The Kier molecular flexibility index (Phi) is 9.27.